The molecular weight excluding hydrogens is 311 g/mol. The molecule has 0 unspecified atom stereocenters. The standard InChI is InChI=1S/C15H14F3N3O2/c16-15(17,18)11-2-1-3-12(6-11)23-9-14(22)21-5-4-13-10(8-21)7-19-20-13/h1-3,6-7H,4-5,8-9H2,(H,19,20). The van der Waals surface area contributed by atoms with E-state index in [0.29, 0.717) is 19.5 Å². The van der Waals surface area contributed by atoms with E-state index in [1.807, 2.05) is 0 Å². The number of ether oxygens (including phenoxy) is 1. The van der Waals surface area contributed by atoms with Crippen LogP contribution in [0.1, 0.15) is 16.8 Å². The van der Waals surface area contributed by atoms with Crippen molar-refractivity contribution in [3.63, 3.8) is 0 Å². The molecule has 1 aliphatic heterocycles. The van der Waals surface area contributed by atoms with Gasteiger partial charge in [-0.2, -0.15) is 18.3 Å². The fourth-order valence-electron chi connectivity index (χ4n) is 2.43. The lowest BCUT2D eigenvalue weighted by molar-refractivity contribution is -0.137. The molecule has 1 amide bonds. The van der Waals surface area contributed by atoms with Crippen molar-refractivity contribution in [3.05, 3.63) is 47.3 Å². The number of aromatic amines is 1. The topological polar surface area (TPSA) is 58.2 Å². The summed E-state index contributed by atoms with van der Waals surface area (Å²) in [4.78, 5) is 13.7. The molecule has 2 aromatic rings. The van der Waals surface area contributed by atoms with Crippen molar-refractivity contribution in [1.82, 2.24) is 15.1 Å². The molecule has 1 N–H and O–H groups in total. The molecule has 122 valence electrons. The molecule has 0 aliphatic carbocycles. The smallest absolute Gasteiger partial charge is 0.416 e. The molecule has 1 aromatic heterocycles. The Morgan fingerprint density at radius 2 is 2.22 bits per heavy atom. The Balaban J connectivity index is 1.60. The Hall–Kier alpha value is -2.51. The molecule has 0 radical (unpaired) electrons. The third kappa shape index (κ3) is 3.46. The number of aromatic nitrogens is 2. The van der Waals surface area contributed by atoms with E-state index in [-0.39, 0.29) is 18.3 Å². The van der Waals surface area contributed by atoms with E-state index < -0.39 is 11.7 Å². The van der Waals surface area contributed by atoms with Crippen LogP contribution in [0, 0.1) is 0 Å². The van der Waals surface area contributed by atoms with Gasteiger partial charge in [0.05, 0.1) is 11.8 Å². The number of hydrogen-bond donors (Lipinski definition) is 1. The Kier molecular flexibility index (Phi) is 3.97. The molecule has 0 saturated heterocycles. The van der Waals surface area contributed by atoms with Crippen LogP contribution in [0.25, 0.3) is 0 Å². The number of carbonyl (C=O) groups is 1. The van der Waals surface area contributed by atoms with Gasteiger partial charge in [-0.15, -0.1) is 0 Å². The van der Waals surface area contributed by atoms with Gasteiger partial charge < -0.3 is 9.64 Å². The van der Waals surface area contributed by atoms with Crippen LogP contribution in [0.5, 0.6) is 5.75 Å². The average Bonchev–Trinajstić information content (AvgIpc) is 2.99. The number of carbonyl (C=O) groups excluding carboxylic acids is 1. The van der Waals surface area contributed by atoms with Gasteiger partial charge in [-0.3, -0.25) is 9.89 Å². The van der Waals surface area contributed by atoms with Crippen LogP contribution < -0.4 is 4.74 Å². The summed E-state index contributed by atoms with van der Waals surface area (Å²) >= 11 is 0. The Morgan fingerprint density at radius 3 is 3.00 bits per heavy atom. The third-order valence-corrected chi connectivity index (χ3v) is 3.68. The van der Waals surface area contributed by atoms with Crippen LogP contribution in [0.3, 0.4) is 0 Å². The Labute approximate surface area is 130 Å². The number of amides is 1. The highest BCUT2D eigenvalue weighted by Gasteiger charge is 2.30. The zero-order valence-corrected chi connectivity index (χ0v) is 12.1. The molecule has 3 rings (SSSR count). The second-order valence-electron chi connectivity index (χ2n) is 5.25. The fourth-order valence-corrected chi connectivity index (χ4v) is 2.43. The van der Waals surface area contributed by atoms with Crippen molar-refractivity contribution in [1.29, 1.82) is 0 Å². The first kappa shape index (κ1) is 15.4. The van der Waals surface area contributed by atoms with E-state index in [9.17, 15) is 18.0 Å². The second-order valence-corrected chi connectivity index (χ2v) is 5.25. The van der Waals surface area contributed by atoms with Crippen molar-refractivity contribution < 1.29 is 22.7 Å². The van der Waals surface area contributed by atoms with E-state index in [1.54, 1.807) is 11.1 Å². The summed E-state index contributed by atoms with van der Waals surface area (Å²) in [7, 11) is 0. The molecule has 0 saturated carbocycles. The van der Waals surface area contributed by atoms with Crippen molar-refractivity contribution in [2.45, 2.75) is 19.1 Å². The summed E-state index contributed by atoms with van der Waals surface area (Å²) < 4.78 is 43.1. The van der Waals surface area contributed by atoms with E-state index >= 15 is 0 Å². The predicted octanol–water partition coefficient (Wildman–Crippen LogP) is 2.39. The minimum atomic E-state index is -4.44. The summed E-state index contributed by atoms with van der Waals surface area (Å²) in [5, 5.41) is 6.79. The van der Waals surface area contributed by atoms with Crippen molar-refractivity contribution in [2.24, 2.45) is 0 Å². The number of fused-ring (bicyclic) bond motifs is 1. The highest BCUT2D eigenvalue weighted by molar-refractivity contribution is 5.78. The molecule has 0 bridgehead atoms. The van der Waals surface area contributed by atoms with Gasteiger partial charge in [0.15, 0.2) is 6.61 Å². The maximum absolute atomic E-state index is 12.6. The number of halogens is 3. The molecule has 0 fully saturated rings. The number of alkyl halides is 3. The van der Waals surface area contributed by atoms with Crippen LogP contribution in [0.15, 0.2) is 30.5 Å². The zero-order chi connectivity index (χ0) is 16.4. The van der Waals surface area contributed by atoms with Gasteiger partial charge in [0.25, 0.3) is 5.91 Å². The van der Waals surface area contributed by atoms with Gasteiger partial charge in [0.2, 0.25) is 0 Å². The molecule has 1 aromatic carbocycles. The minimum Gasteiger partial charge on any atom is -0.484 e. The molecule has 5 nitrogen and oxygen atoms in total. The van der Waals surface area contributed by atoms with E-state index in [2.05, 4.69) is 10.2 Å². The van der Waals surface area contributed by atoms with Crippen LogP contribution in [0.2, 0.25) is 0 Å². The number of benzene rings is 1. The Bertz CT molecular complexity index is 712. The van der Waals surface area contributed by atoms with Crippen LogP contribution >= 0.6 is 0 Å². The fraction of sp³-hybridized carbons (Fsp3) is 0.333. The predicted molar refractivity (Wildman–Crippen MR) is 74.6 cm³/mol. The van der Waals surface area contributed by atoms with Crippen LogP contribution in [0.4, 0.5) is 13.2 Å². The van der Waals surface area contributed by atoms with Crippen molar-refractivity contribution >= 4 is 5.91 Å². The van der Waals surface area contributed by atoms with Crippen molar-refractivity contribution in [3.8, 4) is 5.75 Å². The van der Waals surface area contributed by atoms with Gasteiger partial charge in [-0.25, -0.2) is 0 Å². The van der Waals surface area contributed by atoms with Crippen LogP contribution in [-0.2, 0) is 23.9 Å². The maximum atomic E-state index is 12.6. The van der Waals surface area contributed by atoms with Crippen LogP contribution in [-0.4, -0.2) is 34.2 Å². The quantitative estimate of drug-likeness (QED) is 0.943. The van der Waals surface area contributed by atoms with Crippen molar-refractivity contribution in [2.75, 3.05) is 13.2 Å². The molecule has 0 atom stereocenters. The summed E-state index contributed by atoms with van der Waals surface area (Å²) in [6.45, 7) is 0.658. The minimum absolute atomic E-state index is 0.0224. The Morgan fingerprint density at radius 1 is 1.39 bits per heavy atom. The molecule has 2 heterocycles. The number of nitrogens with one attached hydrogen (secondary N) is 1. The lowest BCUT2D eigenvalue weighted by Gasteiger charge is -2.26. The van der Waals surface area contributed by atoms with Gasteiger partial charge in [0, 0.05) is 30.8 Å². The lowest BCUT2D eigenvalue weighted by atomic mass is 10.1. The average molecular weight is 325 g/mol. The highest BCUT2D eigenvalue weighted by Crippen LogP contribution is 2.31. The normalized spacial score (nSPS) is 14.5. The molecule has 0 spiro atoms. The first-order valence-electron chi connectivity index (χ1n) is 7.02. The maximum Gasteiger partial charge on any atom is 0.416 e. The third-order valence-electron chi connectivity index (χ3n) is 3.68. The van der Waals surface area contributed by atoms with E-state index in [4.69, 9.17) is 4.74 Å². The summed E-state index contributed by atoms with van der Waals surface area (Å²) in [5.41, 5.74) is 1.15. The monoisotopic (exact) mass is 325 g/mol. The SMILES string of the molecule is O=C(COc1cccc(C(F)(F)F)c1)N1CCc2[nH]ncc2C1. The number of nitrogens with zero attached hydrogens (tertiary/aromatic N) is 2. The zero-order valence-electron chi connectivity index (χ0n) is 12.1. The van der Waals surface area contributed by atoms with E-state index in [0.717, 1.165) is 23.4 Å². The number of hydrogen-bond acceptors (Lipinski definition) is 3. The summed E-state index contributed by atoms with van der Waals surface area (Å²) in [6, 6.07) is 4.49. The molecule has 8 heteroatoms. The largest absolute Gasteiger partial charge is 0.484 e. The first-order valence-corrected chi connectivity index (χ1v) is 7.02. The summed E-state index contributed by atoms with van der Waals surface area (Å²) in [6.07, 6.45) is -2.10. The van der Waals surface area contributed by atoms with Gasteiger partial charge in [0.1, 0.15) is 5.75 Å². The van der Waals surface area contributed by atoms with Gasteiger partial charge >= 0.3 is 6.18 Å². The summed E-state index contributed by atoms with van der Waals surface area (Å²) in [5.74, 6) is -0.247. The highest BCUT2D eigenvalue weighted by atomic mass is 19.4. The first-order chi connectivity index (χ1) is 10.9. The van der Waals surface area contributed by atoms with Gasteiger partial charge in [-0.05, 0) is 18.2 Å². The van der Waals surface area contributed by atoms with Gasteiger partial charge in [-0.1, -0.05) is 6.07 Å². The second kappa shape index (κ2) is 5.94. The lowest BCUT2D eigenvalue weighted by Crippen LogP contribution is -2.38. The molecular formula is C15H14F3N3O2. The number of rotatable bonds is 3. The number of H-pyrrole nitrogens is 1. The molecule has 23 heavy (non-hydrogen) atoms. The molecule has 1 aliphatic rings. The van der Waals surface area contributed by atoms with E-state index in [1.165, 1.54) is 12.1 Å².